The minimum absolute atomic E-state index is 0.0850. The van der Waals surface area contributed by atoms with Gasteiger partial charge in [0.25, 0.3) is 0 Å². The number of rotatable bonds is 9. The lowest BCUT2D eigenvalue weighted by Gasteiger charge is -2.32. The lowest BCUT2D eigenvalue weighted by molar-refractivity contribution is -0.139. The number of aryl methyl sites for hydroxylation is 2. The number of hydrogen-bond donors (Lipinski definition) is 2. The molecule has 0 radical (unpaired) electrons. The summed E-state index contributed by atoms with van der Waals surface area (Å²) in [7, 11) is 0. The Morgan fingerprint density at radius 2 is 1.78 bits per heavy atom. The van der Waals surface area contributed by atoms with Crippen LogP contribution in [-0.2, 0) is 14.3 Å². The van der Waals surface area contributed by atoms with Crippen LogP contribution in [0.2, 0.25) is 0 Å². The Balaban J connectivity index is 3.27. The molecular formula is C24H36N4O4. The fourth-order valence-corrected chi connectivity index (χ4v) is 3.48. The monoisotopic (exact) mass is 444 g/mol. The Morgan fingerprint density at radius 3 is 2.28 bits per heavy atom. The van der Waals surface area contributed by atoms with Crippen LogP contribution in [0, 0.1) is 25.2 Å². The summed E-state index contributed by atoms with van der Waals surface area (Å²) in [6, 6.07) is 6.51. The van der Waals surface area contributed by atoms with Crippen LogP contribution in [0.25, 0.3) is 0 Å². The van der Waals surface area contributed by atoms with Crippen LogP contribution in [0.3, 0.4) is 0 Å². The first-order valence-electron chi connectivity index (χ1n) is 10.9. The van der Waals surface area contributed by atoms with Crippen LogP contribution < -0.4 is 10.6 Å². The molecule has 1 aromatic rings. The molecule has 0 fully saturated rings. The number of hydrogen-bond acceptors (Lipinski definition) is 5. The fourth-order valence-electron chi connectivity index (χ4n) is 3.48. The zero-order valence-electron chi connectivity index (χ0n) is 20.2. The highest BCUT2D eigenvalue weighted by Crippen LogP contribution is 2.28. The van der Waals surface area contributed by atoms with Crippen molar-refractivity contribution in [3.05, 3.63) is 34.9 Å². The van der Waals surface area contributed by atoms with E-state index in [1.54, 1.807) is 20.8 Å². The first-order valence-corrected chi connectivity index (χ1v) is 10.9. The number of nitrogens with one attached hydrogen (secondary N) is 2. The Hall–Kier alpha value is -3.08. The van der Waals surface area contributed by atoms with Gasteiger partial charge in [-0.15, -0.1) is 0 Å². The van der Waals surface area contributed by atoms with Crippen molar-refractivity contribution in [3.8, 4) is 6.07 Å². The highest BCUT2D eigenvalue weighted by molar-refractivity contribution is 5.91. The number of nitriles is 1. The fraction of sp³-hybridized carbons (Fsp3) is 0.583. The van der Waals surface area contributed by atoms with Crippen molar-refractivity contribution in [3.63, 3.8) is 0 Å². The Bertz CT molecular complexity index is 834. The molecule has 0 saturated heterocycles. The number of carbonyl (C=O) groups excluding carboxylic acids is 3. The van der Waals surface area contributed by atoms with E-state index in [1.807, 2.05) is 52.0 Å². The zero-order valence-corrected chi connectivity index (χ0v) is 20.2. The van der Waals surface area contributed by atoms with Crippen LogP contribution in [0.1, 0.15) is 70.2 Å². The number of alkyl carbamates (subject to hydrolysis) is 1. The third kappa shape index (κ3) is 8.22. The van der Waals surface area contributed by atoms with Gasteiger partial charge in [0.15, 0.2) is 0 Å². The lowest BCUT2D eigenvalue weighted by atomic mass is 9.93. The molecule has 0 aromatic heterocycles. The molecular weight excluding hydrogens is 408 g/mol. The van der Waals surface area contributed by atoms with Gasteiger partial charge in [-0.05, 0) is 64.7 Å². The molecule has 2 atom stereocenters. The predicted octanol–water partition coefficient (Wildman–Crippen LogP) is 3.53. The minimum atomic E-state index is -0.997. The second-order valence-corrected chi connectivity index (χ2v) is 8.94. The van der Waals surface area contributed by atoms with Crippen molar-refractivity contribution < 1.29 is 19.1 Å². The van der Waals surface area contributed by atoms with E-state index in [0.29, 0.717) is 5.56 Å². The summed E-state index contributed by atoms with van der Waals surface area (Å²) in [5.74, 6) is -0.910. The highest BCUT2D eigenvalue weighted by atomic mass is 16.6. The zero-order chi connectivity index (χ0) is 24.5. The number of amides is 3. The number of ether oxygens (including phenoxy) is 1. The maximum absolute atomic E-state index is 13.4. The molecule has 0 aliphatic carbocycles. The molecule has 32 heavy (non-hydrogen) atoms. The van der Waals surface area contributed by atoms with Crippen molar-refractivity contribution in [2.45, 2.75) is 79.0 Å². The summed E-state index contributed by atoms with van der Waals surface area (Å²) in [5, 5.41) is 14.8. The van der Waals surface area contributed by atoms with Crippen molar-refractivity contribution >= 4 is 17.9 Å². The molecule has 0 bridgehead atoms. The molecule has 8 heteroatoms. The van der Waals surface area contributed by atoms with Crippen molar-refractivity contribution in [1.29, 1.82) is 5.26 Å². The molecule has 0 aliphatic heterocycles. The van der Waals surface area contributed by atoms with E-state index in [-0.39, 0.29) is 18.5 Å². The van der Waals surface area contributed by atoms with E-state index in [2.05, 4.69) is 10.6 Å². The Labute approximate surface area is 191 Å². The van der Waals surface area contributed by atoms with E-state index in [9.17, 15) is 19.6 Å². The molecule has 0 aliphatic rings. The second-order valence-electron chi connectivity index (χ2n) is 8.94. The average molecular weight is 445 g/mol. The van der Waals surface area contributed by atoms with Crippen molar-refractivity contribution in [2.75, 3.05) is 13.1 Å². The first-order chi connectivity index (χ1) is 14.9. The maximum Gasteiger partial charge on any atom is 0.408 e. The largest absolute Gasteiger partial charge is 0.444 e. The van der Waals surface area contributed by atoms with Crippen LogP contribution in [0.4, 0.5) is 4.79 Å². The standard InChI is InChI=1S/C24H36N4O4/c1-8-10-18(4)27-22(30)21(20-16(2)11-9-12-17(20)3)28(14-13-25)19(29)15-26-23(31)32-24(5,6)7/h9,11-12,18,21H,8,10,14-15H2,1-7H3,(H,26,31)(H,27,30). The normalized spacial score (nSPS) is 12.8. The Morgan fingerprint density at radius 1 is 1.19 bits per heavy atom. The van der Waals surface area contributed by atoms with Gasteiger partial charge in [-0.1, -0.05) is 31.5 Å². The van der Waals surface area contributed by atoms with Gasteiger partial charge in [0.1, 0.15) is 24.7 Å². The van der Waals surface area contributed by atoms with Crippen LogP contribution in [0.15, 0.2) is 18.2 Å². The van der Waals surface area contributed by atoms with Gasteiger partial charge in [0, 0.05) is 6.04 Å². The predicted molar refractivity (Wildman–Crippen MR) is 123 cm³/mol. The molecule has 1 aromatic carbocycles. The van der Waals surface area contributed by atoms with Gasteiger partial charge < -0.3 is 20.3 Å². The number of benzene rings is 1. The molecule has 0 heterocycles. The number of carbonyl (C=O) groups is 3. The quantitative estimate of drug-likeness (QED) is 0.566. The molecule has 2 N–H and O–H groups in total. The molecule has 3 amide bonds. The summed E-state index contributed by atoms with van der Waals surface area (Å²) in [5.41, 5.74) is 1.64. The topological polar surface area (TPSA) is 112 Å². The van der Waals surface area contributed by atoms with Gasteiger partial charge in [-0.3, -0.25) is 9.59 Å². The van der Waals surface area contributed by atoms with Gasteiger partial charge in [0.05, 0.1) is 6.07 Å². The Kier molecular flexibility index (Phi) is 10.2. The molecule has 0 saturated carbocycles. The van der Waals surface area contributed by atoms with Gasteiger partial charge in [0.2, 0.25) is 11.8 Å². The molecule has 176 valence electrons. The summed E-state index contributed by atoms with van der Waals surface area (Å²) >= 11 is 0. The summed E-state index contributed by atoms with van der Waals surface area (Å²) in [6.07, 6.45) is 0.945. The second kappa shape index (κ2) is 12.1. The lowest BCUT2D eigenvalue weighted by Crippen LogP contribution is -2.49. The van der Waals surface area contributed by atoms with Gasteiger partial charge in [-0.2, -0.15) is 5.26 Å². The molecule has 0 spiro atoms. The van der Waals surface area contributed by atoms with E-state index < -0.39 is 30.2 Å². The SMILES string of the molecule is CCCC(C)NC(=O)C(c1c(C)cccc1C)N(CC#N)C(=O)CNC(=O)OC(C)(C)C. The van der Waals surface area contributed by atoms with E-state index in [0.717, 1.165) is 24.0 Å². The summed E-state index contributed by atoms with van der Waals surface area (Å²) in [6.45, 7) is 12.1. The van der Waals surface area contributed by atoms with E-state index >= 15 is 0 Å². The van der Waals surface area contributed by atoms with Crippen molar-refractivity contribution in [2.24, 2.45) is 0 Å². The van der Waals surface area contributed by atoms with Crippen LogP contribution in [0.5, 0.6) is 0 Å². The third-order valence-corrected chi connectivity index (χ3v) is 4.83. The third-order valence-electron chi connectivity index (χ3n) is 4.83. The summed E-state index contributed by atoms with van der Waals surface area (Å²) in [4.78, 5) is 39.6. The van der Waals surface area contributed by atoms with Crippen LogP contribution in [-0.4, -0.2) is 47.5 Å². The smallest absolute Gasteiger partial charge is 0.408 e. The molecule has 1 rings (SSSR count). The first kappa shape index (κ1) is 27.0. The van der Waals surface area contributed by atoms with E-state index in [4.69, 9.17) is 4.74 Å². The summed E-state index contributed by atoms with van der Waals surface area (Å²) < 4.78 is 5.17. The minimum Gasteiger partial charge on any atom is -0.444 e. The average Bonchev–Trinajstić information content (AvgIpc) is 2.66. The van der Waals surface area contributed by atoms with Gasteiger partial charge >= 0.3 is 6.09 Å². The number of nitrogens with zero attached hydrogens (tertiary/aromatic N) is 2. The van der Waals surface area contributed by atoms with Crippen LogP contribution >= 0.6 is 0 Å². The molecule has 2 unspecified atom stereocenters. The molecule has 8 nitrogen and oxygen atoms in total. The van der Waals surface area contributed by atoms with E-state index in [1.165, 1.54) is 4.90 Å². The highest BCUT2D eigenvalue weighted by Gasteiger charge is 2.34. The maximum atomic E-state index is 13.4. The van der Waals surface area contributed by atoms with Gasteiger partial charge in [-0.25, -0.2) is 4.79 Å². The van der Waals surface area contributed by atoms with Crippen molar-refractivity contribution in [1.82, 2.24) is 15.5 Å².